The average molecular weight is 236 g/mol. The van der Waals surface area contributed by atoms with E-state index in [4.69, 9.17) is 4.74 Å². The molecular formula is C14H24N2O. The Hall–Kier alpha value is -0.930. The molecule has 0 fully saturated rings. The highest BCUT2D eigenvalue weighted by molar-refractivity contribution is 5.13. The van der Waals surface area contributed by atoms with Gasteiger partial charge in [0.2, 0.25) is 0 Å². The standard InChI is InChI=1S/C14H24N2O/c1-12(2)6-9-17-10-7-14(15-3)13-5-4-8-16-11-13/h4-5,8,11-12,14-15H,6-7,9-10H2,1-3H3. The number of pyridine rings is 1. The summed E-state index contributed by atoms with van der Waals surface area (Å²) in [7, 11) is 1.98. The van der Waals surface area contributed by atoms with Gasteiger partial charge in [0.1, 0.15) is 0 Å². The Morgan fingerprint density at radius 3 is 2.65 bits per heavy atom. The maximum absolute atomic E-state index is 5.64. The van der Waals surface area contributed by atoms with Crippen molar-refractivity contribution in [3.63, 3.8) is 0 Å². The lowest BCUT2D eigenvalue weighted by atomic mass is 10.1. The first-order valence-electron chi connectivity index (χ1n) is 6.39. The zero-order valence-corrected chi connectivity index (χ0v) is 11.1. The monoisotopic (exact) mass is 236 g/mol. The second-order valence-electron chi connectivity index (χ2n) is 4.71. The fourth-order valence-electron chi connectivity index (χ4n) is 1.68. The Kier molecular flexibility index (Phi) is 6.82. The molecule has 1 heterocycles. The summed E-state index contributed by atoms with van der Waals surface area (Å²) in [5, 5.41) is 3.30. The summed E-state index contributed by atoms with van der Waals surface area (Å²) in [5.41, 5.74) is 1.22. The predicted octanol–water partition coefficient (Wildman–Crippen LogP) is 2.79. The first kappa shape index (κ1) is 14.1. The van der Waals surface area contributed by atoms with Crippen LogP contribution in [-0.2, 0) is 4.74 Å². The van der Waals surface area contributed by atoms with Crippen LogP contribution in [0.1, 0.15) is 38.3 Å². The number of nitrogens with one attached hydrogen (secondary N) is 1. The smallest absolute Gasteiger partial charge is 0.0484 e. The third kappa shape index (κ3) is 5.80. The molecule has 0 aromatic carbocycles. The second kappa shape index (κ2) is 8.20. The predicted molar refractivity (Wildman–Crippen MR) is 70.9 cm³/mol. The zero-order chi connectivity index (χ0) is 12.5. The lowest BCUT2D eigenvalue weighted by Gasteiger charge is -2.16. The highest BCUT2D eigenvalue weighted by atomic mass is 16.5. The number of hydrogen-bond donors (Lipinski definition) is 1. The summed E-state index contributed by atoms with van der Waals surface area (Å²) in [6, 6.07) is 4.41. The van der Waals surface area contributed by atoms with Gasteiger partial charge in [-0.3, -0.25) is 4.98 Å². The molecule has 0 radical (unpaired) electrons. The van der Waals surface area contributed by atoms with E-state index in [1.807, 2.05) is 19.3 Å². The van der Waals surface area contributed by atoms with Gasteiger partial charge in [0.05, 0.1) is 0 Å². The van der Waals surface area contributed by atoms with Crippen molar-refractivity contribution < 1.29 is 4.74 Å². The van der Waals surface area contributed by atoms with E-state index in [1.165, 1.54) is 5.56 Å². The van der Waals surface area contributed by atoms with E-state index in [-0.39, 0.29) is 0 Å². The highest BCUT2D eigenvalue weighted by Crippen LogP contribution is 2.14. The molecule has 1 aromatic heterocycles. The second-order valence-corrected chi connectivity index (χ2v) is 4.71. The van der Waals surface area contributed by atoms with E-state index in [9.17, 15) is 0 Å². The summed E-state index contributed by atoms with van der Waals surface area (Å²) < 4.78 is 5.64. The van der Waals surface area contributed by atoms with E-state index in [1.54, 1.807) is 6.20 Å². The quantitative estimate of drug-likeness (QED) is 0.705. The molecule has 0 saturated heterocycles. The van der Waals surface area contributed by atoms with Crippen molar-refractivity contribution in [1.82, 2.24) is 10.3 Å². The molecule has 96 valence electrons. The summed E-state index contributed by atoms with van der Waals surface area (Å²) in [4.78, 5) is 4.14. The SMILES string of the molecule is CNC(CCOCCC(C)C)c1cccnc1. The van der Waals surface area contributed by atoms with E-state index in [0.29, 0.717) is 12.0 Å². The van der Waals surface area contributed by atoms with Gasteiger partial charge in [-0.15, -0.1) is 0 Å². The first-order valence-corrected chi connectivity index (χ1v) is 6.39. The normalized spacial score (nSPS) is 12.9. The summed E-state index contributed by atoms with van der Waals surface area (Å²) >= 11 is 0. The van der Waals surface area contributed by atoms with Crippen molar-refractivity contribution >= 4 is 0 Å². The van der Waals surface area contributed by atoms with Gasteiger partial charge in [0.15, 0.2) is 0 Å². The van der Waals surface area contributed by atoms with Crippen LogP contribution < -0.4 is 5.32 Å². The van der Waals surface area contributed by atoms with Crippen LogP contribution in [0.2, 0.25) is 0 Å². The molecule has 0 aliphatic rings. The van der Waals surface area contributed by atoms with Gasteiger partial charge in [-0.25, -0.2) is 0 Å². The van der Waals surface area contributed by atoms with Crippen LogP contribution in [-0.4, -0.2) is 25.2 Å². The van der Waals surface area contributed by atoms with E-state index < -0.39 is 0 Å². The number of aromatic nitrogens is 1. The third-order valence-electron chi connectivity index (χ3n) is 2.83. The van der Waals surface area contributed by atoms with Crippen molar-refractivity contribution in [2.75, 3.05) is 20.3 Å². The van der Waals surface area contributed by atoms with Gasteiger partial charge in [0, 0.05) is 31.6 Å². The fraction of sp³-hybridized carbons (Fsp3) is 0.643. The molecule has 0 saturated carbocycles. The number of hydrogen-bond acceptors (Lipinski definition) is 3. The van der Waals surface area contributed by atoms with Gasteiger partial charge >= 0.3 is 0 Å². The van der Waals surface area contributed by atoms with Crippen LogP contribution in [0.25, 0.3) is 0 Å². The Bertz CT molecular complexity index is 288. The Balaban J connectivity index is 2.24. The van der Waals surface area contributed by atoms with Gasteiger partial charge in [-0.1, -0.05) is 19.9 Å². The molecule has 3 heteroatoms. The van der Waals surface area contributed by atoms with Gasteiger partial charge in [0.25, 0.3) is 0 Å². The first-order chi connectivity index (χ1) is 8.24. The number of ether oxygens (including phenoxy) is 1. The Morgan fingerprint density at radius 1 is 1.29 bits per heavy atom. The van der Waals surface area contributed by atoms with Crippen LogP contribution in [0.15, 0.2) is 24.5 Å². The minimum atomic E-state index is 0.336. The van der Waals surface area contributed by atoms with Crippen molar-refractivity contribution in [2.24, 2.45) is 5.92 Å². The zero-order valence-electron chi connectivity index (χ0n) is 11.1. The van der Waals surface area contributed by atoms with E-state index >= 15 is 0 Å². The van der Waals surface area contributed by atoms with Crippen molar-refractivity contribution in [2.45, 2.75) is 32.7 Å². The number of rotatable bonds is 8. The molecule has 17 heavy (non-hydrogen) atoms. The molecule has 3 nitrogen and oxygen atoms in total. The fourth-order valence-corrected chi connectivity index (χ4v) is 1.68. The molecule has 1 unspecified atom stereocenters. The average Bonchev–Trinajstić information content (AvgIpc) is 2.34. The maximum Gasteiger partial charge on any atom is 0.0484 e. The van der Waals surface area contributed by atoms with Gasteiger partial charge in [-0.2, -0.15) is 0 Å². The van der Waals surface area contributed by atoms with Gasteiger partial charge < -0.3 is 10.1 Å². The van der Waals surface area contributed by atoms with Crippen molar-refractivity contribution in [1.29, 1.82) is 0 Å². The van der Waals surface area contributed by atoms with Crippen LogP contribution in [0.5, 0.6) is 0 Å². The largest absolute Gasteiger partial charge is 0.381 e. The Labute approximate surface area is 105 Å². The molecule has 0 spiro atoms. The summed E-state index contributed by atoms with van der Waals surface area (Å²) in [6.45, 7) is 6.10. The molecular weight excluding hydrogens is 212 g/mol. The van der Waals surface area contributed by atoms with Crippen molar-refractivity contribution in [3.05, 3.63) is 30.1 Å². The van der Waals surface area contributed by atoms with E-state index in [2.05, 4.69) is 30.2 Å². The van der Waals surface area contributed by atoms with E-state index in [0.717, 1.165) is 26.1 Å². The molecule has 1 atom stereocenters. The topological polar surface area (TPSA) is 34.1 Å². The molecule has 0 amide bonds. The minimum Gasteiger partial charge on any atom is -0.381 e. The molecule has 1 aromatic rings. The van der Waals surface area contributed by atoms with Gasteiger partial charge in [-0.05, 0) is 37.4 Å². The van der Waals surface area contributed by atoms with Crippen molar-refractivity contribution in [3.8, 4) is 0 Å². The lowest BCUT2D eigenvalue weighted by Crippen LogP contribution is -2.18. The third-order valence-corrected chi connectivity index (χ3v) is 2.83. The highest BCUT2D eigenvalue weighted by Gasteiger charge is 2.08. The molecule has 0 aliphatic carbocycles. The number of nitrogens with zero attached hydrogens (tertiary/aromatic N) is 1. The van der Waals surface area contributed by atoms with Crippen LogP contribution in [0.3, 0.4) is 0 Å². The van der Waals surface area contributed by atoms with Crippen LogP contribution >= 0.6 is 0 Å². The van der Waals surface area contributed by atoms with Crippen LogP contribution in [0, 0.1) is 5.92 Å². The summed E-state index contributed by atoms with van der Waals surface area (Å²) in [5.74, 6) is 0.716. The maximum atomic E-state index is 5.64. The van der Waals surface area contributed by atoms with Crippen LogP contribution in [0.4, 0.5) is 0 Å². The Morgan fingerprint density at radius 2 is 2.06 bits per heavy atom. The lowest BCUT2D eigenvalue weighted by molar-refractivity contribution is 0.115. The molecule has 0 aliphatic heterocycles. The summed E-state index contributed by atoms with van der Waals surface area (Å²) in [6.07, 6.45) is 5.84. The molecule has 1 rings (SSSR count). The molecule has 1 N–H and O–H groups in total. The minimum absolute atomic E-state index is 0.336. The molecule has 0 bridgehead atoms.